The minimum Gasteiger partial charge on any atom is -0.435 e. The molecule has 162 valence electrons. The van der Waals surface area contributed by atoms with Crippen LogP contribution in [0.15, 0.2) is 54.9 Å². The largest absolute Gasteiger partial charge is 0.435 e. The summed E-state index contributed by atoms with van der Waals surface area (Å²) in [6.45, 7) is -1.95. The quantitative estimate of drug-likeness (QED) is 0.406. The summed E-state index contributed by atoms with van der Waals surface area (Å²) in [4.78, 5) is 26.4. The first-order chi connectivity index (χ1) is 15.6. The molecule has 4 aromatic rings. The van der Waals surface area contributed by atoms with Crippen LogP contribution in [-0.2, 0) is 19.4 Å². The van der Waals surface area contributed by atoms with Gasteiger partial charge in [0.2, 0.25) is 0 Å². The number of aryl methyl sites for hydroxylation is 1. The van der Waals surface area contributed by atoms with Gasteiger partial charge in [0.25, 0.3) is 0 Å². The maximum Gasteiger partial charge on any atom is 0.387 e. The maximum absolute atomic E-state index is 12.6. The lowest BCUT2D eigenvalue weighted by molar-refractivity contribution is -0.0498. The van der Waals surface area contributed by atoms with Crippen LogP contribution >= 0.6 is 0 Å². The number of pyridine rings is 2. The zero-order chi connectivity index (χ0) is 22.1. The van der Waals surface area contributed by atoms with Crippen molar-refractivity contribution in [1.29, 1.82) is 0 Å². The van der Waals surface area contributed by atoms with Crippen molar-refractivity contribution in [1.82, 2.24) is 19.5 Å². The number of carbonyl (C=O) groups excluding carboxylic acids is 1. The minimum absolute atomic E-state index is 0.0131. The summed E-state index contributed by atoms with van der Waals surface area (Å²) in [6, 6.07) is 11.4. The molecule has 0 spiro atoms. The number of ether oxygens (including phenoxy) is 1. The number of hydrogen-bond acceptors (Lipinski definition) is 5. The molecular formula is C24H20F2N4O2. The Morgan fingerprint density at radius 3 is 2.72 bits per heavy atom. The topological polar surface area (TPSA) is 69.9 Å². The van der Waals surface area contributed by atoms with Gasteiger partial charge in [-0.3, -0.25) is 9.78 Å². The third-order valence-electron chi connectivity index (χ3n) is 5.61. The third kappa shape index (κ3) is 4.08. The molecule has 1 aliphatic rings. The lowest BCUT2D eigenvalue weighted by Crippen LogP contribution is -2.11. The monoisotopic (exact) mass is 434 g/mol. The second kappa shape index (κ2) is 8.45. The molecule has 8 heteroatoms. The van der Waals surface area contributed by atoms with Crippen molar-refractivity contribution in [3.63, 3.8) is 0 Å². The summed E-state index contributed by atoms with van der Waals surface area (Å²) in [7, 11) is 0. The fourth-order valence-corrected chi connectivity index (χ4v) is 4.01. The molecular weight excluding hydrogens is 414 g/mol. The summed E-state index contributed by atoms with van der Waals surface area (Å²) in [5, 5.41) is 0.886. The molecule has 0 bridgehead atoms. The Hall–Kier alpha value is -3.68. The zero-order valence-corrected chi connectivity index (χ0v) is 17.2. The number of carbonyl (C=O) groups is 1. The van der Waals surface area contributed by atoms with Crippen molar-refractivity contribution in [3.8, 4) is 17.1 Å². The van der Waals surface area contributed by atoms with Crippen molar-refractivity contribution in [2.75, 3.05) is 0 Å². The van der Waals surface area contributed by atoms with Gasteiger partial charge in [0.15, 0.2) is 5.78 Å². The Bertz CT molecular complexity index is 1290. The number of halogens is 2. The average molecular weight is 434 g/mol. The molecule has 32 heavy (non-hydrogen) atoms. The first-order valence-electron chi connectivity index (χ1n) is 10.5. The van der Waals surface area contributed by atoms with Gasteiger partial charge in [-0.2, -0.15) is 8.78 Å². The molecule has 0 N–H and O–H groups in total. The van der Waals surface area contributed by atoms with Gasteiger partial charge in [-0.15, -0.1) is 0 Å². The number of hydrogen-bond donors (Lipinski definition) is 0. The SMILES string of the molecule is O=C(Cc1cc2nc(-c3cnc4n3CCCC4)ccc2cn1)c1ccc(OC(F)F)cc1. The average Bonchev–Trinajstić information content (AvgIpc) is 3.23. The number of aromatic nitrogens is 4. The van der Waals surface area contributed by atoms with E-state index >= 15 is 0 Å². The summed E-state index contributed by atoms with van der Waals surface area (Å²) in [5.41, 5.74) is 3.60. The molecule has 0 radical (unpaired) electrons. The molecule has 6 nitrogen and oxygen atoms in total. The number of alkyl halides is 2. The lowest BCUT2D eigenvalue weighted by atomic mass is 10.1. The Morgan fingerprint density at radius 2 is 1.91 bits per heavy atom. The molecule has 0 amide bonds. The van der Waals surface area contributed by atoms with E-state index in [0.29, 0.717) is 11.3 Å². The van der Waals surface area contributed by atoms with Crippen LogP contribution in [0.3, 0.4) is 0 Å². The smallest absolute Gasteiger partial charge is 0.387 e. The van der Waals surface area contributed by atoms with Crippen LogP contribution in [0.2, 0.25) is 0 Å². The highest BCUT2D eigenvalue weighted by Crippen LogP contribution is 2.26. The molecule has 0 aliphatic carbocycles. The van der Waals surface area contributed by atoms with Gasteiger partial charge in [-0.05, 0) is 55.3 Å². The molecule has 0 saturated carbocycles. The highest BCUT2D eigenvalue weighted by atomic mass is 19.3. The van der Waals surface area contributed by atoms with E-state index in [1.54, 1.807) is 6.20 Å². The molecule has 0 atom stereocenters. The van der Waals surface area contributed by atoms with Crippen LogP contribution in [0.4, 0.5) is 8.78 Å². The number of Topliss-reactive ketones (excluding diaryl/α,β-unsaturated/α-hetero) is 1. The van der Waals surface area contributed by atoms with Crippen LogP contribution in [0.1, 0.15) is 34.7 Å². The molecule has 1 aliphatic heterocycles. The maximum atomic E-state index is 12.6. The summed E-state index contributed by atoms with van der Waals surface area (Å²) < 4.78 is 31.1. The summed E-state index contributed by atoms with van der Waals surface area (Å²) in [6.07, 6.45) is 6.95. The molecule has 4 heterocycles. The number of ketones is 1. The molecule has 0 fully saturated rings. The standard InChI is InChI=1S/C24H20F2N4O2/c25-24(26)32-18-7-4-15(5-8-18)22(31)12-17-11-20-16(13-27-17)6-9-19(29-20)21-14-28-23-3-1-2-10-30(21)23/h4-9,11,13-14,24H,1-3,10,12H2. The van der Waals surface area contributed by atoms with Gasteiger partial charge >= 0.3 is 6.61 Å². The van der Waals surface area contributed by atoms with Gasteiger partial charge in [0.05, 0.1) is 35.2 Å². The molecule has 3 aromatic heterocycles. The Kier molecular flexibility index (Phi) is 5.34. The predicted molar refractivity (Wildman–Crippen MR) is 115 cm³/mol. The van der Waals surface area contributed by atoms with E-state index < -0.39 is 6.61 Å². The van der Waals surface area contributed by atoms with Gasteiger partial charge in [0.1, 0.15) is 11.6 Å². The summed E-state index contributed by atoms with van der Waals surface area (Å²) in [5.74, 6) is 0.944. The number of fused-ring (bicyclic) bond motifs is 2. The van der Waals surface area contributed by atoms with E-state index in [1.165, 1.54) is 24.3 Å². The van der Waals surface area contributed by atoms with E-state index in [1.807, 2.05) is 24.4 Å². The van der Waals surface area contributed by atoms with Crippen molar-refractivity contribution in [3.05, 3.63) is 71.9 Å². The minimum atomic E-state index is -2.90. The van der Waals surface area contributed by atoms with E-state index in [0.717, 1.165) is 53.9 Å². The van der Waals surface area contributed by atoms with Crippen molar-refractivity contribution in [2.45, 2.75) is 38.8 Å². The second-order valence-corrected chi connectivity index (χ2v) is 7.74. The van der Waals surface area contributed by atoms with E-state index in [-0.39, 0.29) is 18.0 Å². The van der Waals surface area contributed by atoms with Crippen molar-refractivity contribution in [2.24, 2.45) is 0 Å². The van der Waals surface area contributed by atoms with Gasteiger partial charge < -0.3 is 9.30 Å². The van der Waals surface area contributed by atoms with Gasteiger partial charge in [-0.1, -0.05) is 0 Å². The number of nitrogens with zero attached hydrogens (tertiary/aromatic N) is 4. The van der Waals surface area contributed by atoms with E-state index in [2.05, 4.69) is 19.3 Å². The van der Waals surface area contributed by atoms with Crippen LogP contribution in [0, 0.1) is 0 Å². The normalized spacial score (nSPS) is 13.3. The Balaban J connectivity index is 1.38. The van der Waals surface area contributed by atoms with Gasteiger partial charge in [0, 0.05) is 30.1 Å². The second-order valence-electron chi connectivity index (χ2n) is 7.74. The number of benzene rings is 1. The molecule has 0 unspecified atom stereocenters. The van der Waals surface area contributed by atoms with Crippen LogP contribution < -0.4 is 4.74 Å². The first kappa shape index (κ1) is 20.2. The Morgan fingerprint density at radius 1 is 1.06 bits per heavy atom. The van der Waals surface area contributed by atoms with Crippen molar-refractivity contribution < 1.29 is 18.3 Å². The number of imidazole rings is 1. The van der Waals surface area contributed by atoms with Crippen LogP contribution in [-0.4, -0.2) is 31.9 Å². The number of rotatable bonds is 6. The molecule has 0 saturated heterocycles. The fourth-order valence-electron chi connectivity index (χ4n) is 4.01. The fraction of sp³-hybridized carbons (Fsp3) is 0.250. The first-order valence-corrected chi connectivity index (χ1v) is 10.5. The van der Waals surface area contributed by atoms with E-state index in [9.17, 15) is 13.6 Å². The highest BCUT2D eigenvalue weighted by Gasteiger charge is 2.17. The van der Waals surface area contributed by atoms with E-state index in [4.69, 9.17) is 4.98 Å². The third-order valence-corrected chi connectivity index (χ3v) is 5.61. The van der Waals surface area contributed by atoms with Crippen LogP contribution in [0.25, 0.3) is 22.3 Å². The summed E-state index contributed by atoms with van der Waals surface area (Å²) >= 11 is 0. The Labute approximate surface area is 182 Å². The predicted octanol–water partition coefficient (Wildman–Crippen LogP) is 4.86. The van der Waals surface area contributed by atoms with Crippen molar-refractivity contribution >= 4 is 16.7 Å². The van der Waals surface area contributed by atoms with Gasteiger partial charge in [-0.25, -0.2) is 9.97 Å². The highest BCUT2D eigenvalue weighted by molar-refractivity contribution is 5.97. The lowest BCUT2D eigenvalue weighted by Gasteiger charge is -2.16. The molecule has 1 aromatic carbocycles. The van der Waals surface area contributed by atoms with Crippen LogP contribution in [0.5, 0.6) is 5.75 Å². The zero-order valence-electron chi connectivity index (χ0n) is 17.2. The molecule has 5 rings (SSSR count).